The van der Waals surface area contributed by atoms with Crippen LogP contribution in [-0.2, 0) is 6.42 Å². The zero-order valence-electron chi connectivity index (χ0n) is 21.2. The number of hydrogen-bond acceptors (Lipinski definition) is 4. The highest BCUT2D eigenvalue weighted by Crippen LogP contribution is 2.43. The van der Waals surface area contributed by atoms with E-state index in [-0.39, 0.29) is 17.6 Å². The fourth-order valence-corrected chi connectivity index (χ4v) is 5.73. The first-order valence-corrected chi connectivity index (χ1v) is 13.0. The first-order valence-electron chi connectivity index (χ1n) is 13.0. The Morgan fingerprint density at radius 1 is 1.14 bits per heavy atom. The van der Waals surface area contributed by atoms with Gasteiger partial charge in [-0.3, -0.25) is 9.80 Å². The van der Waals surface area contributed by atoms with Crippen molar-refractivity contribution >= 4 is 16.6 Å². The van der Waals surface area contributed by atoms with Crippen LogP contribution in [0.4, 0.5) is 23.2 Å². The predicted octanol–water partition coefficient (Wildman–Crippen LogP) is 5.31. The number of halogens is 4. The van der Waals surface area contributed by atoms with Crippen LogP contribution in [0.1, 0.15) is 49.6 Å². The number of aliphatic hydroxyl groups is 1. The molecule has 9 heteroatoms. The highest BCUT2D eigenvalue weighted by Gasteiger charge is 2.42. The van der Waals surface area contributed by atoms with Crippen LogP contribution in [0.15, 0.2) is 36.4 Å². The highest BCUT2D eigenvalue weighted by atomic mass is 19.3. The maximum Gasteiger partial charge on any atom is 0.283 e. The maximum atomic E-state index is 15.7. The molecule has 0 unspecified atom stereocenters. The Labute approximate surface area is 214 Å². The molecule has 3 N–H and O–H groups in total. The van der Waals surface area contributed by atoms with Gasteiger partial charge in [-0.15, -0.1) is 0 Å². The number of nitrogens with one attached hydrogen (secondary N) is 2. The van der Waals surface area contributed by atoms with Crippen molar-refractivity contribution in [3.8, 4) is 0 Å². The lowest BCUT2D eigenvalue weighted by Crippen LogP contribution is -2.54. The molecule has 2 aromatic carbocycles. The maximum absolute atomic E-state index is 15.7. The summed E-state index contributed by atoms with van der Waals surface area (Å²) in [4.78, 5) is 7.09. The predicted molar refractivity (Wildman–Crippen MR) is 137 cm³/mol. The van der Waals surface area contributed by atoms with E-state index in [4.69, 9.17) is 0 Å². The molecule has 200 valence electrons. The summed E-state index contributed by atoms with van der Waals surface area (Å²) >= 11 is 0. The van der Waals surface area contributed by atoms with Crippen LogP contribution in [0, 0.1) is 11.6 Å². The summed E-state index contributed by atoms with van der Waals surface area (Å²) in [5.41, 5.74) is 2.92. The van der Waals surface area contributed by atoms with Crippen LogP contribution >= 0.6 is 0 Å². The Kier molecular flexibility index (Phi) is 7.22. The first-order chi connectivity index (χ1) is 17.7. The van der Waals surface area contributed by atoms with E-state index in [2.05, 4.69) is 22.1 Å². The van der Waals surface area contributed by atoms with E-state index in [0.717, 1.165) is 43.4 Å². The Hall–Kier alpha value is -2.62. The van der Waals surface area contributed by atoms with Crippen molar-refractivity contribution in [1.82, 2.24) is 14.8 Å². The van der Waals surface area contributed by atoms with Crippen LogP contribution in [-0.4, -0.2) is 70.7 Å². The van der Waals surface area contributed by atoms with Gasteiger partial charge >= 0.3 is 0 Å². The minimum Gasteiger partial charge on any atom is -0.390 e. The average molecular weight is 519 g/mol. The second-order valence-corrected chi connectivity index (χ2v) is 10.5. The number of nitrogens with zero attached hydrogens (tertiary/aromatic N) is 2. The molecule has 37 heavy (non-hydrogen) atoms. The lowest BCUT2D eigenvalue weighted by Gasteiger charge is -2.42. The number of anilines is 1. The monoisotopic (exact) mass is 518 g/mol. The van der Waals surface area contributed by atoms with Gasteiger partial charge in [-0.2, -0.15) is 0 Å². The number of aromatic nitrogens is 1. The third-order valence-corrected chi connectivity index (χ3v) is 7.67. The molecule has 0 aliphatic carbocycles. The van der Waals surface area contributed by atoms with Crippen LogP contribution < -0.4 is 5.32 Å². The van der Waals surface area contributed by atoms with E-state index in [0.29, 0.717) is 23.3 Å². The molecule has 1 saturated heterocycles. The van der Waals surface area contributed by atoms with Gasteiger partial charge in [-0.05, 0) is 62.2 Å². The zero-order chi connectivity index (χ0) is 26.3. The average Bonchev–Trinajstić information content (AvgIpc) is 3.18. The van der Waals surface area contributed by atoms with Crippen molar-refractivity contribution in [3.05, 3.63) is 64.9 Å². The SMILES string of the molecule is CCCCN1CC(Nc2ccc([C@@H]3c4[nH]c5cc(F)ccc5c4C[C@@H](C)N3CC(F)(F)CO)c(F)c2)C1. The Bertz CT molecular complexity index is 1260. The second kappa shape index (κ2) is 10.3. The van der Waals surface area contributed by atoms with E-state index in [9.17, 15) is 18.3 Å². The summed E-state index contributed by atoms with van der Waals surface area (Å²) in [6, 6.07) is 8.31. The summed E-state index contributed by atoms with van der Waals surface area (Å²) < 4.78 is 58.5. The van der Waals surface area contributed by atoms with Gasteiger partial charge in [-0.25, -0.2) is 17.6 Å². The molecular formula is C28H34F4N4O. The van der Waals surface area contributed by atoms with E-state index in [1.807, 2.05) is 6.92 Å². The fraction of sp³-hybridized carbons (Fsp3) is 0.500. The van der Waals surface area contributed by atoms with Gasteiger partial charge < -0.3 is 15.4 Å². The number of alkyl halides is 2. The van der Waals surface area contributed by atoms with Gasteiger partial charge in [0, 0.05) is 47.0 Å². The molecule has 2 atom stereocenters. The molecule has 0 amide bonds. The molecule has 0 bridgehead atoms. The standard InChI is InChI=1S/C28H34F4N4O/c1-3-4-9-35-13-20(14-35)33-19-6-8-22(24(30)12-19)27-26-23(21-7-5-18(29)11-25(21)34-26)10-17(2)36(27)15-28(31,32)16-37/h5-8,11-12,17,20,27,33-34,37H,3-4,9-10,13-16H2,1-2H3/t17-,27-/m1/s1. The largest absolute Gasteiger partial charge is 0.390 e. The van der Waals surface area contributed by atoms with E-state index in [1.54, 1.807) is 18.2 Å². The number of H-pyrrole nitrogens is 1. The first kappa shape index (κ1) is 26.0. The molecule has 1 aromatic heterocycles. The van der Waals surface area contributed by atoms with E-state index < -0.39 is 36.8 Å². The highest BCUT2D eigenvalue weighted by molar-refractivity contribution is 5.85. The van der Waals surface area contributed by atoms with E-state index >= 15 is 4.39 Å². The summed E-state index contributed by atoms with van der Waals surface area (Å²) in [5, 5.41) is 13.4. The molecule has 1 fully saturated rings. The fourth-order valence-electron chi connectivity index (χ4n) is 5.73. The Morgan fingerprint density at radius 2 is 1.92 bits per heavy atom. The number of aromatic amines is 1. The van der Waals surface area contributed by atoms with Gasteiger partial charge in [0.2, 0.25) is 0 Å². The smallest absolute Gasteiger partial charge is 0.283 e. The van der Waals surface area contributed by atoms with Crippen molar-refractivity contribution in [2.24, 2.45) is 0 Å². The summed E-state index contributed by atoms with van der Waals surface area (Å²) in [6.45, 7) is 4.83. The number of unbranched alkanes of at least 4 members (excludes halogenated alkanes) is 1. The molecule has 5 nitrogen and oxygen atoms in total. The number of likely N-dealkylation sites (tertiary alicyclic amines) is 1. The van der Waals surface area contributed by atoms with Gasteiger partial charge in [-0.1, -0.05) is 19.4 Å². The van der Waals surface area contributed by atoms with Gasteiger partial charge in [0.1, 0.15) is 18.2 Å². The Balaban J connectivity index is 1.47. The lowest BCUT2D eigenvalue weighted by molar-refractivity contribution is -0.0866. The minimum absolute atomic E-state index is 0.242. The van der Waals surface area contributed by atoms with E-state index in [1.165, 1.54) is 23.1 Å². The summed E-state index contributed by atoms with van der Waals surface area (Å²) in [5.74, 6) is -4.27. The summed E-state index contributed by atoms with van der Waals surface area (Å²) in [7, 11) is 0. The Morgan fingerprint density at radius 3 is 2.62 bits per heavy atom. The number of benzene rings is 2. The quantitative estimate of drug-likeness (QED) is 0.336. The molecule has 0 radical (unpaired) electrons. The minimum atomic E-state index is -3.35. The van der Waals surface area contributed by atoms with Gasteiger partial charge in [0.15, 0.2) is 0 Å². The second-order valence-electron chi connectivity index (χ2n) is 10.5. The van der Waals surface area contributed by atoms with Crippen LogP contribution in [0.5, 0.6) is 0 Å². The van der Waals surface area contributed by atoms with Crippen LogP contribution in [0.25, 0.3) is 10.9 Å². The number of fused-ring (bicyclic) bond motifs is 3. The molecular weight excluding hydrogens is 484 g/mol. The zero-order valence-corrected chi connectivity index (χ0v) is 21.2. The molecule has 3 aromatic rings. The third kappa shape index (κ3) is 5.22. The van der Waals surface area contributed by atoms with Crippen molar-refractivity contribution in [3.63, 3.8) is 0 Å². The molecule has 2 aliphatic heterocycles. The number of aliphatic hydroxyl groups excluding tert-OH is 1. The topological polar surface area (TPSA) is 54.5 Å². The van der Waals surface area contributed by atoms with Gasteiger partial charge in [0.05, 0.1) is 18.6 Å². The van der Waals surface area contributed by atoms with Crippen molar-refractivity contribution < 1.29 is 22.7 Å². The normalized spacial score (nSPS) is 21.3. The number of rotatable bonds is 9. The van der Waals surface area contributed by atoms with Crippen molar-refractivity contribution in [1.29, 1.82) is 0 Å². The van der Waals surface area contributed by atoms with Crippen LogP contribution in [0.2, 0.25) is 0 Å². The molecule has 2 aliphatic rings. The third-order valence-electron chi connectivity index (χ3n) is 7.67. The molecule has 0 spiro atoms. The molecule has 0 saturated carbocycles. The molecule has 5 rings (SSSR count). The summed E-state index contributed by atoms with van der Waals surface area (Å²) in [6.07, 6.45) is 2.75. The molecule has 3 heterocycles. The van der Waals surface area contributed by atoms with Crippen molar-refractivity contribution in [2.75, 3.05) is 38.1 Å². The van der Waals surface area contributed by atoms with Crippen molar-refractivity contribution in [2.45, 2.75) is 57.2 Å². The lowest BCUT2D eigenvalue weighted by atomic mass is 9.88. The van der Waals surface area contributed by atoms with Gasteiger partial charge in [0.25, 0.3) is 5.92 Å². The number of hydrogen-bond donors (Lipinski definition) is 3. The van der Waals surface area contributed by atoms with Crippen LogP contribution in [0.3, 0.4) is 0 Å².